The molecule has 7 heteroatoms. The minimum atomic E-state index is 0.0117. The van der Waals surface area contributed by atoms with Gasteiger partial charge in [-0.3, -0.25) is 9.59 Å². The summed E-state index contributed by atoms with van der Waals surface area (Å²) in [5, 5.41) is 3.92. The van der Waals surface area contributed by atoms with E-state index < -0.39 is 0 Å². The van der Waals surface area contributed by atoms with Gasteiger partial charge in [0.2, 0.25) is 5.91 Å². The number of nitrogens with one attached hydrogen (secondary N) is 2. The van der Waals surface area contributed by atoms with Crippen LogP contribution in [-0.2, 0) is 9.53 Å². The van der Waals surface area contributed by atoms with Crippen LogP contribution in [0.5, 0.6) is 5.75 Å². The number of aromatic amines is 1. The molecule has 0 atom stereocenters. The number of rotatable bonds is 8. The smallest absolute Gasteiger partial charge is 0.270 e. The number of methoxy groups -OCH3 is 2. The summed E-state index contributed by atoms with van der Waals surface area (Å²) in [6, 6.07) is 7.61. The highest BCUT2D eigenvalue weighted by molar-refractivity contribution is 5.98. The second kappa shape index (κ2) is 9.59. The van der Waals surface area contributed by atoms with Gasteiger partial charge in [0.15, 0.2) is 0 Å². The van der Waals surface area contributed by atoms with Crippen LogP contribution in [0.2, 0.25) is 0 Å². The topological polar surface area (TPSA) is 83.7 Å². The quantitative estimate of drug-likeness (QED) is 0.682. The van der Waals surface area contributed by atoms with E-state index in [1.54, 1.807) is 14.2 Å². The van der Waals surface area contributed by atoms with Gasteiger partial charge in [-0.15, -0.1) is 0 Å². The van der Waals surface area contributed by atoms with Gasteiger partial charge in [0.25, 0.3) is 5.91 Å². The first-order chi connectivity index (χ1) is 13.6. The number of hydrogen-bond acceptors (Lipinski definition) is 4. The summed E-state index contributed by atoms with van der Waals surface area (Å²) >= 11 is 0. The van der Waals surface area contributed by atoms with Crippen LogP contribution in [-0.4, -0.2) is 62.2 Å². The van der Waals surface area contributed by atoms with Gasteiger partial charge in [-0.1, -0.05) is 0 Å². The fraction of sp³-hybridized carbons (Fsp3) is 0.524. The molecule has 2 heterocycles. The third-order valence-electron chi connectivity index (χ3n) is 5.28. The van der Waals surface area contributed by atoms with E-state index in [0.717, 1.165) is 35.9 Å². The number of aromatic nitrogens is 1. The van der Waals surface area contributed by atoms with Crippen LogP contribution in [0, 0.1) is 5.92 Å². The molecule has 28 heavy (non-hydrogen) atoms. The van der Waals surface area contributed by atoms with E-state index in [-0.39, 0.29) is 11.8 Å². The number of amides is 2. The Morgan fingerprint density at radius 3 is 2.71 bits per heavy atom. The number of fused-ring (bicyclic) bond motifs is 1. The maximum Gasteiger partial charge on any atom is 0.270 e. The van der Waals surface area contributed by atoms with Crippen LogP contribution in [0.3, 0.4) is 0 Å². The van der Waals surface area contributed by atoms with Crippen LogP contribution in [0.25, 0.3) is 10.9 Å². The van der Waals surface area contributed by atoms with Crippen LogP contribution in [0.4, 0.5) is 0 Å². The molecule has 1 aromatic carbocycles. The van der Waals surface area contributed by atoms with E-state index in [0.29, 0.717) is 44.3 Å². The molecule has 0 spiro atoms. The van der Waals surface area contributed by atoms with E-state index in [4.69, 9.17) is 9.47 Å². The van der Waals surface area contributed by atoms with Gasteiger partial charge in [0, 0.05) is 56.7 Å². The maximum atomic E-state index is 12.8. The van der Waals surface area contributed by atoms with Crippen LogP contribution in [0.15, 0.2) is 24.3 Å². The van der Waals surface area contributed by atoms with E-state index in [9.17, 15) is 9.59 Å². The largest absolute Gasteiger partial charge is 0.497 e. The number of piperidine rings is 1. The molecule has 3 rings (SSSR count). The minimum absolute atomic E-state index is 0.0117. The molecule has 0 bridgehead atoms. The van der Waals surface area contributed by atoms with Crippen LogP contribution < -0.4 is 10.1 Å². The van der Waals surface area contributed by atoms with Gasteiger partial charge in [0.1, 0.15) is 11.4 Å². The third-order valence-corrected chi connectivity index (χ3v) is 5.28. The Labute approximate surface area is 165 Å². The first-order valence-electron chi connectivity index (χ1n) is 9.82. The zero-order valence-electron chi connectivity index (χ0n) is 16.6. The van der Waals surface area contributed by atoms with Gasteiger partial charge in [-0.25, -0.2) is 0 Å². The second-order valence-electron chi connectivity index (χ2n) is 7.27. The third kappa shape index (κ3) is 5.04. The summed E-state index contributed by atoms with van der Waals surface area (Å²) in [4.78, 5) is 29.9. The van der Waals surface area contributed by atoms with Crippen molar-refractivity contribution in [3.8, 4) is 5.75 Å². The molecule has 0 saturated carbocycles. The van der Waals surface area contributed by atoms with Crippen LogP contribution >= 0.6 is 0 Å². The standard InChI is InChI=1S/C21H29N3O4/c1-27-11-3-8-22-20(25)12-15-6-9-24(10-7-15)21(26)19-13-16-4-5-17(28-2)14-18(16)23-19/h4-5,13-15,23H,3,6-12H2,1-2H3,(H,22,25). The summed E-state index contributed by atoms with van der Waals surface area (Å²) in [6.45, 7) is 2.66. The maximum absolute atomic E-state index is 12.8. The van der Waals surface area contributed by atoms with Crippen molar-refractivity contribution in [1.82, 2.24) is 15.2 Å². The molecule has 2 amide bonds. The van der Waals surface area contributed by atoms with Crippen molar-refractivity contribution in [2.24, 2.45) is 5.92 Å². The second-order valence-corrected chi connectivity index (χ2v) is 7.27. The van der Waals surface area contributed by atoms with Crippen molar-refractivity contribution in [1.29, 1.82) is 0 Å². The SMILES string of the molecule is COCCCNC(=O)CC1CCN(C(=O)c2cc3ccc(OC)cc3[nH]2)CC1. The predicted molar refractivity (Wildman–Crippen MR) is 108 cm³/mol. The molecule has 2 aromatic rings. The normalized spacial score (nSPS) is 15.0. The van der Waals surface area contributed by atoms with Gasteiger partial charge < -0.3 is 24.7 Å². The van der Waals surface area contributed by atoms with Crippen molar-refractivity contribution in [3.05, 3.63) is 30.0 Å². The zero-order chi connectivity index (χ0) is 19.9. The van der Waals surface area contributed by atoms with Crippen molar-refractivity contribution in [2.45, 2.75) is 25.7 Å². The first kappa shape index (κ1) is 20.2. The highest BCUT2D eigenvalue weighted by Crippen LogP contribution is 2.25. The van der Waals surface area contributed by atoms with Gasteiger partial charge in [-0.05, 0) is 43.4 Å². The molecule has 0 unspecified atom stereocenters. The monoisotopic (exact) mass is 387 g/mol. The lowest BCUT2D eigenvalue weighted by Gasteiger charge is -2.31. The molecule has 2 N–H and O–H groups in total. The van der Waals surface area contributed by atoms with Crippen molar-refractivity contribution < 1.29 is 19.1 Å². The number of nitrogens with zero attached hydrogens (tertiary/aromatic N) is 1. The molecule has 1 aliphatic heterocycles. The van der Waals surface area contributed by atoms with Gasteiger partial charge in [-0.2, -0.15) is 0 Å². The van der Waals surface area contributed by atoms with Crippen molar-refractivity contribution >= 4 is 22.7 Å². The molecule has 1 fully saturated rings. The van der Waals surface area contributed by atoms with Crippen molar-refractivity contribution in [2.75, 3.05) is 40.5 Å². The molecule has 1 saturated heterocycles. The molecule has 1 aliphatic rings. The fourth-order valence-corrected chi connectivity index (χ4v) is 3.64. The molecule has 1 aromatic heterocycles. The number of benzene rings is 1. The molecular formula is C21H29N3O4. The average molecular weight is 387 g/mol. The van der Waals surface area contributed by atoms with Crippen molar-refractivity contribution in [3.63, 3.8) is 0 Å². The summed E-state index contributed by atoms with van der Waals surface area (Å²) in [6.07, 6.45) is 3.06. The van der Waals surface area contributed by atoms with E-state index in [1.807, 2.05) is 29.2 Å². The number of carbonyl (C=O) groups is 2. The van der Waals surface area contributed by atoms with Gasteiger partial charge >= 0.3 is 0 Å². The Bertz CT molecular complexity index is 809. The number of likely N-dealkylation sites (tertiary alicyclic amines) is 1. The van der Waals surface area contributed by atoms with Gasteiger partial charge in [0.05, 0.1) is 7.11 Å². The number of carbonyl (C=O) groups excluding carboxylic acids is 2. The minimum Gasteiger partial charge on any atom is -0.497 e. The molecule has 0 aliphatic carbocycles. The lowest BCUT2D eigenvalue weighted by Crippen LogP contribution is -2.39. The summed E-state index contributed by atoms with van der Waals surface area (Å²) in [7, 11) is 3.28. The number of hydrogen-bond donors (Lipinski definition) is 2. The number of H-pyrrole nitrogens is 1. The Morgan fingerprint density at radius 1 is 1.21 bits per heavy atom. The summed E-state index contributed by atoms with van der Waals surface area (Å²) < 4.78 is 10.2. The summed E-state index contributed by atoms with van der Waals surface area (Å²) in [5.41, 5.74) is 1.49. The zero-order valence-corrected chi connectivity index (χ0v) is 16.6. The molecular weight excluding hydrogens is 358 g/mol. The first-order valence-corrected chi connectivity index (χ1v) is 9.82. The lowest BCUT2D eigenvalue weighted by atomic mass is 9.93. The Balaban J connectivity index is 1.49. The molecule has 152 valence electrons. The average Bonchev–Trinajstić information content (AvgIpc) is 3.14. The highest BCUT2D eigenvalue weighted by atomic mass is 16.5. The van der Waals surface area contributed by atoms with Crippen LogP contribution in [0.1, 0.15) is 36.2 Å². The number of ether oxygens (including phenoxy) is 2. The van der Waals surface area contributed by atoms with E-state index in [1.165, 1.54) is 0 Å². The lowest BCUT2D eigenvalue weighted by molar-refractivity contribution is -0.122. The van der Waals surface area contributed by atoms with E-state index >= 15 is 0 Å². The molecule has 7 nitrogen and oxygen atoms in total. The van der Waals surface area contributed by atoms with E-state index in [2.05, 4.69) is 10.3 Å². The Morgan fingerprint density at radius 2 is 2.00 bits per heavy atom. The Hall–Kier alpha value is -2.54. The highest BCUT2D eigenvalue weighted by Gasteiger charge is 2.26. The summed E-state index contributed by atoms with van der Waals surface area (Å²) in [5.74, 6) is 1.19. The predicted octanol–water partition coefficient (Wildman–Crippen LogP) is 2.57. The Kier molecular flexibility index (Phi) is 6.92. The fourth-order valence-electron chi connectivity index (χ4n) is 3.64. The molecule has 0 radical (unpaired) electrons.